The van der Waals surface area contributed by atoms with Gasteiger partial charge >= 0.3 is 0 Å². The lowest BCUT2D eigenvalue weighted by atomic mass is 9.93. The van der Waals surface area contributed by atoms with Crippen LogP contribution in [0.5, 0.6) is 0 Å². The van der Waals surface area contributed by atoms with Crippen molar-refractivity contribution in [3.05, 3.63) is 59.6 Å². The van der Waals surface area contributed by atoms with Crippen molar-refractivity contribution in [2.24, 2.45) is 5.92 Å². The van der Waals surface area contributed by atoms with E-state index in [4.69, 9.17) is 4.42 Å². The van der Waals surface area contributed by atoms with Crippen LogP contribution >= 0.6 is 25.0 Å². The first-order valence-corrected chi connectivity index (χ1v) is 9.44. The van der Waals surface area contributed by atoms with Gasteiger partial charge in [0.15, 0.2) is 12.2 Å². The molecule has 0 amide bonds. The first-order chi connectivity index (χ1) is 12.6. The minimum Gasteiger partial charge on any atom is -0.444 e. The summed E-state index contributed by atoms with van der Waals surface area (Å²) in [4.78, 5) is 19.0. The van der Waals surface area contributed by atoms with E-state index in [9.17, 15) is 9.18 Å². The lowest BCUT2D eigenvalue weighted by Crippen LogP contribution is -2.42. The molecule has 27 heavy (non-hydrogen) atoms. The number of halogens is 2. The van der Waals surface area contributed by atoms with E-state index in [1.165, 1.54) is 12.5 Å². The maximum Gasteiger partial charge on any atom is 0.181 e. The predicted octanol–water partition coefficient (Wildman–Crippen LogP) is 4.34. The van der Waals surface area contributed by atoms with E-state index in [0.717, 1.165) is 24.8 Å². The second-order valence-electron chi connectivity index (χ2n) is 7.00. The molecule has 1 aromatic heterocycles. The van der Waals surface area contributed by atoms with Gasteiger partial charge in [-0.2, -0.15) is 12.6 Å². The highest BCUT2D eigenvalue weighted by molar-refractivity contribution is 7.81. The summed E-state index contributed by atoms with van der Waals surface area (Å²) < 4.78 is 19.8. The molecular formula is C20H22ClFN2O2S. The summed E-state index contributed by atoms with van der Waals surface area (Å²) in [6, 6.07) is 6.07. The molecule has 0 bridgehead atoms. The number of rotatable bonds is 5. The van der Waals surface area contributed by atoms with Crippen LogP contribution in [0, 0.1) is 11.7 Å². The third kappa shape index (κ3) is 4.45. The maximum absolute atomic E-state index is 14.5. The Labute approximate surface area is 169 Å². The van der Waals surface area contributed by atoms with E-state index < -0.39 is 6.04 Å². The zero-order chi connectivity index (χ0) is 18.1. The number of aromatic nitrogens is 1. The van der Waals surface area contributed by atoms with Crippen LogP contribution in [-0.2, 0) is 4.79 Å². The first kappa shape index (κ1) is 20.1. The third-order valence-corrected chi connectivity index (χ3v) is 5.69. The molecule has 2 fully saturated rings. The number of ketones is 1. The summed E-state index contributed by atoms with van der Waals surface area (Å²) in [7, 11) is 0. The topological polar surface area (TPSA) is 46.3 Å². The number of hydrogen-bond donors (Lipinski definition) is 1. The van der Waals surface area contributed by atoms with Crippen molar-refractivity contribution < 1.29 is 13.6 Å². The van der Waals surface area contributed by atoms with Gasteiger partial charge in [-0.15, -0.1) is 12.4 Å². The van der Waals surface area contributed by atoms with E-state index in [1.54, 1.807) is 24.4 Å². The summed E-state index contributed by atoms with van der Waals surface area (Å²) in [5.41, 5.74) is 1.53. The molecule has 1 aromatic carbocycles. The van der Waals surface area contributed by atoms with E-state index in [1.807, 2.05) is 6.08 Å². The van der Waals surface area contributed by atoms with E-state index in [0.29, 0.717) is 24.4 Å². The van der Waals surface area contributed by atoms with Gasteiger partial charge in [0, 0.05) is 29.8 Å². The van der Waals surface area contributed by atoms with Crippen LogP contribution in [0.3, 0.4) is 0 Å². The Morgan fingerprint density at radius 2 is 2.11 bits per heavy atom. The molecule has 0 N–H and O–H groups in total. The molecule has 2 heterocycles. The molecule has 2 aromatic rings. The average molecular weight is 409 g/mol. The van der Waals surface area contributed by atoms with Gasteiger partial charge in [-0.25, -0.2) is 9.37 Å². The molecule has 1 aliphatic carbocycles. The first-order valence-electron chi connectivity index (χ1n) is 8.92. The molecule has 2 atom stereocenters. The molecule has 1 saturated carbocycles. The zero-order valence-electron chi connectivity index (χ0n) is 14.8. The van der Waals surface area contributed by atoms with Crippen LogP contribution in [0.2, 0.25) is 0 Å². The molecule has 7 heteroatoms. The molecule has 1 aliphatic heterocycles. The number of nitrogens with zero attached hydrogens (tertiary/aromatic N) is 2. The van der Waals surface area contributed by atoms with Gasteiger partial charge in [0.05, 0.1) is 12.2 Å². The number of Topliss-reactive ketones (excluding diaryl/α,β-unsaturated/α-hetero) is 1. The average Bonchev–Trinajstić information content (AvgIpc) is 3.37. The Kier molecular flexibility index (Phi) is 6.40. The molecule has 4 rings (SSSR count). The molecule has 144 valence electrons. The number of carbonyl (C=O) groups is 1. The monoisotopic (exact) mass is 408 g/mol. The Balaban J connectivity index is 0.00000210. The number of likely N-dealkylation sites (tertiary alicyclic amines) is 1. The Bertz CT molecular complexity index is 823. The normalized spacial score (nSPS) is 23.0. The minimum atomic E-state index is -0.539. The van der Waals surface area contributed by atoms with E-state index in [-0.39, 0.29) is 35.2 Å². The minimum absolute atomic E-state index is 0. The SMILES string of the molecule is Cl.O=C(C1CC1)C(c1ccccc1F)N1CCC(S)/C(=C\c2cnco2)C1. The van der Waals surface area contributed by atoms with Crippen molar-refractivity contribution in [1.29, 1.82) is 0 Å². The quantitative estimate of drug-likeness (QED) is 0.747. The number of benzene rings is 1. The van der Waals surface area contributed by atoms with Crippen LogP contribution < -0.4 is 0 Å². The Morgan fingerprint density at radius 3 is 2.78 bits per heavy atom. The molecule has 0 radical (unpaired) electrons. The molecular weight excluding hydrogens is 387 g/mol. The lowest BCUT2D eigenvalue weighted by Gasteiger charge is -2.37. The van der Waals surface area contributed by atoms with Crippen LogP contribution in [0.4, 0.5) is 4.39 Å². The molecule has 2 aliphatic rings. The third-order valence-electron chi connectivity index (χ3n) is 5.10. The van der Waals surface area contributed by atoms with Crippen molar-refractivity contribution in [2.45, 2.75) is 30.6 Å². The smallest absolute Gasteiger partial charge is 0.181 e. The highest BCUT2D eigenvalue weighted by Crippen LogP contribution is 2.39. The second-order valence-corrected chi connectivity index (χ2v) is 7.62. The van der Waals surface area contributed by atoms with Gasteiger partial charge in [-0.3, -0.25) is 9.69 Å². The Hall–Kier alpha value is -1.63. The maximum atomic E-state index is 14.5. The van der Waals surface area contributed by atoms with Crippen LogP contribution in [0.1, 0.15) is 36.6 Å². The van der Waals surface area contributed by atoms with Crippen LogP contribution in [0.25, 0.3) is 6.08 Å². The standard InChI is InChI=1S/C20H21FN2O2S.ClH/c21-17-4-2-1-3-16(17)19(20(24)13-5-6-13)23-8-7-18(26)14(11-23)9-15-10-22-12-25-15;/h1-4,9-10,12-13,18-19,26H,5-8,11H2;1H/b14-9-;. The number of carbonyl (C=O) groups excluding carboxylic acids is 1. The van der Waals surface area contributed by atoms with Gasteiger partial charge in [0.1, 0.15) is 11.6 Å². The highest BCUT2D eigenvalue weighted by Gasteiger charge is 2.40. The summed E-state index contributed by atoms with van der Waals surface area (Å²) in [6.45, 7) is 1.27. The fourth-order valence-corrected chi connectivity index (χ4v) is 3.82. The zero-order valence-corrected chi connectivity index (χ0v) is 16.5. The predicted molar refractivity (Wildman–Crippen MR) is 108 cm³/mol. The van der Waals surface area contributed by atoms with Crippen molar-refractivity contribution >= 4 is 36.9 Å². The van der Waals surface area contributed by atoms with Crippen LogP contribution in [0.15, 0.2) is 46.8 Å². The van der Waals surface area contributed by atoms with Crippen molar-refractivity contribution in [1.82, 2.24) is 9.88 Å². The highest BCUT2D eigenvalue weighted by atomic mass is 35.5. The molecule has 4 nitrogen and oxygen atoms in total. The second kappa shape index (κ2) is 8.59. The number of hydrogen-bond acceptors (Lipinski definition) is 5. The van der Waals surface area contributed by atoms with E-state index in [2.05, 4.69) is 22.5 Å². The van der Waals surface area contributed by atoms with Gasteiger partial charge < -0.3 is 4.42 Å². The fourth-order valence-electron chi connectivity index (χ4n) is 3.55. The van der Waals surface area contributed by atoms with Crippen molar-refractivity contribution in [3.8, 4) is 0 Å². The van der Waals surface area contributed by atoms with Gasteiger partial charge in [0.25, 0.3) is 0 Å². The summed E-state index contributed by atoms with van der Waals surface area (Å²) in [5.74, 6) is 0.541. The van der Waals surface area contributed by atoms with Crippen LogP contribution in [-0.4, -0.2) is 34.0 Å². The number of piperidine rings is 1. The number of oxazole rings is 1. The fraction of sp³-hybridized carbons (Fsp3) is 0.400. The summed E-state index contributed by atoms with van der Waals surface area (Å²) in [5, 5.41) is 0.0913. The van der Waals surface area contributed by atoms with Gasteiger partial charge in [0.2, 0.25) is 0 Å². The molecule has 1 saturated heterocycles. The van der Waals surface area contributed by atoms with Gasteiger partial charge in [-0.05, 0) is 37.0 Å². The van der Waals surface area contributed by atoms with E-state index >= 15 is 0 Å². The molecule has 2 unspecified atom stereocenters. The lowest BCUT2D eigenvalue weighted by molar-refractivity contribution is -0.126. The van der Waals surface area contributed by atoms with Crippen molar-refractivity contribution in [2.75, 3.05) is 13.1 Å². The molecule has 0 spiro atoms. The van der Waals surface area contributed by atoms with Gasteiger partial charge in [-0.1, -0.05) is 18.2 Å². The van der Waals surface area contributed by atoms with Crippen molar-refractivity contribution in [3.63, 3.8) is 0 Å². The summed E-state index contributed by atoms with van der Waals surface area (Å²) >= 11 is 4.67. The largest absolute Gasteiger partial charge is 0.444 e. The Morgan fingerprint density at radius 1 is 1.33 bits per heavy atom. The number of thiol groups is 1. The summed E-state index contributed by atoms with van der Waals surface area (Å²) in [6.07, 6.45) is 7.58.